The van der Waals surface area contributed by atoms with E-state index in [1.54, 1.807) is 12.1 Å². The van der Waals surface area contributed by atoms with E-state index in [2.05, 4.69) is 49.1 Å². The zero-order valence-electron chi connectivity index (χ0n) is 13.6. The molecule has 3 rings (SSSR count). The first-order chi connectivity index (χ1) is 11.1. The van der Waals surface area contributed by atoms with Crippen LogP contribution in [0.2, 0.25) is 0 Å². The van der Waals surface area contributed by atoms with Gasteiger partial charge in [-0.1, -0.05) is 42.5 Å². The van der Waals surface area contributed by atoms with Crippen molar-refractivity contribution in [1.29, 1.82) is 0 Å². The topological polar surface area (TPSA) is 40.5 Å². The van der Waals surface area contributed by atoms with Crippen LogP contribution in [0.25, 0.3) is 0 Å². The van der Waals surface area contributed by atoms with Gasteiger partial charge >= 0.3 is 5.97 Å². The van der Waals surface area contributed by atoms with Gasteiger partial charge in [-0.3, -0.25) is 4.90 Å². The van der Waals surface area contributed by atoms with E-state index >= 15 is 0 Å². The normalized spacial score (nSPS) is 24.7. The summed E-state index contributed by atoms with van der Waals surface area (Å²) in [6.07, 6.45) is 1.17. The van der Waals surface area contributed by atoms with Crippen molar-refractivity contribution >= 4 is 5.97 Å². The molecule has 0 spiro atoms. The van der Waals surface area contributed by atoms with Gasteiger partial charge in [0.2, 0.25) is 0 Å². The standard InChI is InChI=1S/C20H23NO2/c1-14-12-19(17-6-4-3-5-7-17)15(2)21(14)13-16-8-10-18(11-9-16)20(22)23/h3-11,14-15,19H,12-13H2,1-2H3,(H,22,23). The Balaban J connectivity index is 1.74. The van der Waals surface area contributed by atoms with E-state index in [0.717, 1.165) is 6.54 Å². The molecule has 1 fully saturated rings. The van der Waals surface area contributed by atoms with Crippen LogP contribution >= 0.6 is 0 Å². The second-order valence-corrected chi connectivity index (χ2v) is 6.52. The van der Waals surface area contributed by atoms with Gasteiger partial charge in [0, 0.05) is 24.5 Å². The number of hydrogen-bond donors (Lipinski definition) is 1. The molecule has 1 saturated heterocycles. The number of likely N-dealkylation sites (tertiary alicyclic amines) is 1. The van der Waals surface area contributed by atoms with Crippen LogP contribution in [0.3, 0.4) is 0 Å². The summed E-state index contributed by atoms with van der Waals surface area (Å²) in [5.41, 5.74) is 2.93. The first-order valence-corrected chi connectivity index (χ1v) is 8.19. The molecule has 0 amide bonds. The second-order valence-electron chi connectivity index (χ2n) is 6.52. The van der Waals surface area contributed by atoms with Crippen molar-refractivity contribution in [3.8, 4) is 0 Å². The first kappa shape index (κ1) is 15.8. The largest absolute Gasteiger partial charge is 0.478 e. The highest BCUT2D eigenvalue weighted by molar-refractivity contribution is 5.87. The minimum Gasteiger partial charge on any atom is -0.478 e. The summed E-state index contributed by atoms with van der Waals surface area (Å²) in [5.74, 6) is -0.312. The summed E-state index contributed by atoms with van der Waals surface area (Å²) < 4.78 is 0. The van der Waals surface area contributed by atoms with Crippen LogP contribution in [0.1, 0.15) is 47.7 Å². The van der Waals surface area contributed by atoms with Gasteiger partial charge in [-0.05, 0) is 43.5 Å². The SMILES string of the molecule is CC1CC(c2ccccc2)C(C)N1Cc1ccc(C(=O)O)cc1. The molecule has 0 aromatic heterocycles. The monoisotopic (exact) mass is 309 g/mol. The van der Waals surface area contributed by atoms with E-state index in [1.165, 1.54) is 17.5 Å². The van der Waals surface area contributed by atoms with Gasteiger partial charge in [0.05, 0.1) is 5.56 Å². The number of benzene rings is 2. The molecule has 0 saturated carbocycles. The molecular formula is C20H23NO2. The van der Waals surface area contributed by atoms with Crippen LogP contribution in [-0.2, 0) is 6.54 Å². The Kier molecular flexibility index (Phi) is 4.49. The molecule has 3 heteroatoms. The summed E-state index contributed by atoms with van der Waals surface area (Å²) in [5, 5.41) is 8.99. The highest BCUT2D eigenvalue weighted by Gasteiger charge is 2.36. The lowest BCUT2D eigenvalue weighted by Crippen LogP contribution is -2.33. The summed E-state index contributed by atoms with van der Waals surface area (Å²) in [4.78, 5) is 13.5. The number of aromatic carboxylic acids is 1. The van der Waals surface area contributed by atoms with Crippen LogP contribution < -0.4 is 0 Å². The van der Waals surface area contributed by atoms with Crippen molar-refractivity contribution in [3.63, 3.8) is 0 Å². The lowest BCUT2D eigenvalue weighted by Gasteiger charge is -2.27. The molecule has 0 radical (unpaired) electrons. The molecular weight excluding hydrogens is 286 g/mol. The van der Waals surface area contributed by atoms with Crippen molar-refractivity contribution in [1.82, 2.24) is 4.90 Å². The summed E-state index contributed by atoms with van der Waals surface area (Å²) >= 11 is 0. The minimum absolute atomic E-state index is 0.346. The summed E-state index contributed by atoms with van der Waals surface area (Å²) in [6.45, 7) is 5.45. The Morgan fingerprint density at radius 1 is 1.09 bits per heavy atom. The zero-order valence-corrected chi connectivity index (χ0v) is 13.6. The quantitative estimate of drug-likeness (QED) is 0.922. The Hall–Kier alpha value is -2.13. The van der Waals surface area contributed by atoms with E-state index < -0.39 is 5.97 Å². The van der Waals surface area contributed by atoms with Gasteiger partial charge in [0.25, 0.3) is 0 Å². The van der Waals surface area contributed by atoms with E-state index in [9.17, 15) is 4.79 Å². The predicted octanol–water partition coefficient (Wildman–Crippen LogP) is 4.15. The molecule has 2 aromatic rings. The van der Waals surface area contributed by atoms with Gasteiger partial charge in [-0.25, -0.2) is 4.79 Å². The lowest BCUT2D eigenvalue weighted by atomic mass is 9.92. The molecule has 3 atom stereocenters. The maximum Gasteiger partial charge on any atom is 0.335 e. The van der Waals surface area contributed by atoms with Gasteiger partial charge in [-0.15, -0.1) is 0 Å². The number of hydrogen-bond acceptors (Lipinski definition) is 2. The zero-order chi connectivity index (χ0) is 16.4. The fourth-order valence-electron chi connectivity index (χ4n) is 3.71. The average Bonchev–Trinajstić information content (AvgIpc) is 2.84. The Morgan fingerprint density at radius 3 is 2.35 bits per heavy atom. The van der Waals surface area contributed by atoms with Crippen LogP contribution in [0, 0.1) is 0 Å². The van der Waals surface area contributed by atoms with Gasteiger partial charge in [0.15, 0.2) is 0 Å². The lowest BCUT2D eigenvalue weighted by molar-refractivity contribution is 0.0697. The van der Waals surface area contributed by atoms with Crippen molar-refractivity contribution in [2.24, 2.45) is 0 Å². The Labute approximate surface area is 137 Å². The van der Waals surface area contributed by atoms with Crippen LogP contribution in [0.15, 0.2) is 54.6 Å². The van der Waals surface area contributed by atoms with Gasteiger partial charge < -0.3 is 5.11 Å². The maximum atomic E-state index is 11.0. The Bertz CT molecular complexity index is 666. The molecule has 0 aliphatic carbocycles. The highest BCUT2D eigenvalue weighted by Crippen LogP contribution is 2.38. The minimum atomic E-state index is -0.872. The first-order valence-electron chi connectivity index (χ1n) is 8.19. The van der Waals surface area contributed by atoms with E-state index in [-0.39, 0.29) is 0 Å². The summed E-state index contributed by atoms with van der Waals surface area (Å²) in [6, 6.07) is 19.0. The third-order valence-electron chi connectivity index (χ3n) is 5.06. The number of carboxylic acids is 1. The predicted molar refractivity (Wildman–Crippen MR) is 91.7 cm³/mol. The third kappa shape index (κ3) is 3.30. The number of nitrogens with zero attached hydrogens (tertiary/aromatic N) is 1. The maximum absolute atomic E-state index is 11.0. The molecule has 3 unspecified atom stereocenters. The average molecular weight is 309 g/mol. The van der Waals surface area contributed by atoms with Crippen LogP contribution in [-0.4, -0.2) is 28.1 Å². The smallest absolute Gasteiger partial charge is 0.335 e. The van der Waals surface area contributed by atoms with Gasteiger partial charge in [-0.2, -0.15) is 0 Å². The molecule has 1 aliphatic heterocycles. The number of carboxylic acid groups (broad SMARTS) is 1. The Morgan fingerprint density at radius 2 is 1.74 bits per heavy atom. The van der Waals surface area contributed by atoms with E-state index in [1.807, 2.05) is 12.1 Å². The molecule has 23 heavy (non-hydrogen) atoms. The van der Waals surface area contributed by atoms with Crippen LogP contribution in [0.5, 0.6) is 0 Å². The number of rotatable bonds is 4. The van der Waals surface area contributed by atoms with E-state index in [4.69, 9.17) is 5.11 Å². The molecule has 120 valence electrons. The van der Waals surface area contributed by atoms with Crippen molar-refractivity contribution < 1.29 is 9.90 Å². The summed E-state index contributed by atoms with van der Waals surface area (Å²) in [7, 11) is 0. The molecule has 1 heterocycles. The molecule has 1 N–H and O–H groups in total. The second kappa shape index (κ2) is 6.55. The molecule has 0 bridgehead atoms. The third-order valence-corrected chi connectivity index (χ3v) is 5.06. The van der Waals surface area contributed by atoms with Crippen molar-refractivity contribution in [3.05, 3.63) is 71.3 Å². The van der Waals surface area contributed by atoms with Crippen LogP contribution in [0.4, 0.5) is 0 Å². The molecule has 1 aliphatic rings. The van der Waals surface area contributed by atoms with Crippen molar-refractivity contribution in [2.45, 2.75) is 44.8 Å². The van der Waals surface area contributed by atoms with Crippen molar-refractivity contribution in [2.75, 3.05) is 0 Å². The van der Waals surface area contributed by atoms with E-state index in [0.29, 0.717) is 23.6 Å². The number of carbonyl (C=O) groups is 1. The highest BCUT2D eigenvalue weighted by atomic mass is 16.4. The fourth-order valence-corrected chi connectivity index (χ4v) is 3.71. The molecule has 2 aromatic carbocycles. The van der Waals surface area contributed by atoms with Gasteiger partial charge in [0.1, 0.15) is 0 Å². The molecule has 3 nitrogen and oxygen atoms in total. The fraction of sp³-hybridized carbons (Fsp3) is 0.350.